The molecule has 1 saturated heterocycles. The van der Waals surface area contributed by atoms with Gasteiger partial charge in [0.1, 0.15) is 6.61 Å². The van der Waals surface area contributed by atoms with Crippen molar-refractivity contribution in [1.29, 1.82) is 0 Å². The molecule has 1 aliphatic rings. The predicted molar refractivity (Wildman–Crippen MR) is 133 cm³/mol. The minimum Gasteiger partial charge on any atom is -0.493 e. The van der Waals surface area contributed by atoms with Crippen LogP contribution in [0, 0.1) is 0 Å². The van der Waals surface area contributed by atoms with Crippen LogP contribution >= 0.6 is 27.5 Å². The van der Waals surface area contributed by atoms with Gasteiger partial charge in [-0.2, -0.15) is 0 Å². The van der Waals surface area contributed by atoms with Crippen LogP contribution in [-0.4, -0.2) is 33.4 Å². The number of nitrogens with zero attached hydrogens (tertiary/aromatic N) is 1. The Hall–Kier alpha value is -2.41. The Morgan fingerprint density at radius 1 is 1.06 bits per heavy atom. The van der Waals surface area contributed by atoms with Gasteiger partial charge in [-0.15, -0.1) is 0 Å². The summed E-state index contributed by atoms with van der Waals surface area (Å²) in [4.78, 5) is 2.34. The van der Waals surface area contributed by atoms with Crippen LogP contribution in [0.3, 0.4) is 0 Å². The highest BCUT2D eigenvalue weighted by Gasteiger charge is 2.14. The minimum absolute atomic E-state index is 0.363. The van der Waals surface area contributed by atoms with Crippen LogP contribution < -0.4 is 19.7 Å². The number of halogens is 2. The lowest BCUT2D eigenvalue weighted by atomic mass is 10.2. The highest BCUT2D eigenvalue weighted by atomic mass is 79.9. The standard InChI is InChI=1S/C25H26BrClN2O3/c1-30-24-15-18(14-22(26)25(24)32-17-19-4-2-3-5-23(19)27)16-28-20-6-8-21(9-7-20)29-10-12-31-13-11-29/h2-9,14-15,28H,10-13,16-17H2,1H3. The molecule has 4 rings (SSSR count). The van der Waals surface area contributed by atoms with Crippen LogP contribution in [-0.2, 0) is 17.9 Å². The maximum atomic E-state index is 6.24. The van der Waals surface area contributed by atoms with Crippen LogP contribution in [0.4, 0.5) is 11.4 Å². The zero-order valence-corrected chi connectivity index (χ0v) is 20.3. The molecule has 0 aliphatic carbocycles. The van der Waals surface area contributed by atoms with E-state index in [1.807, 2.05) is 36.4 Å². The smallest absolute Gasteiger partial charge is 0.175 e. The van der Waals surface area contributed by atoms with Crippen LogP contribution in [0.5, 0.6) is 11.5 Å². The molecule has 0 unspecified atom stereocenters. The lowest BCUT2D eigenvalue weighted by Crippen LogP contribution is -2.36. The van der Waals surface area contributed by atoms with E-state index >= 15 is 0 Å². The molecule has 1 N–H and O–H groups in total. The molecule has 32 heavy (non-hydrogen) atoms. The number of methoxy groups -OCH3 is 1. The van der Waals surface area contributed by atoms with E-state index in [1.165, 1.54) is 5.69 Å². The molecule has 0 spiro atoms. The van der Waals surface area contributed by atoms with Gasteiger partial charge in [0.05, 0.1) is 24.8 Å². The molecule has 0 amide bonds. The summed E-state index contributed by atoms with van der Waals surface area (Å²) in [6.45, 7) is 4.47. The predicted octanol–water partition coefficient (Wildman–Crippen LogP) is 6.14. The molecule has 168 valence electrons. The molecular weight excluding hydrogens is 492 g/mol. The number of nitrogens with one attached hydrogen (secondary N) is 1. The summed E-state index contributed by atoms with van der Waals surface area (Å²) in [7, 11) is 1.64. The third-order valence-corrected chi connectivity index (χ3v) is 6.32. The summed E-state index contributed by atoms with van der Waals surface area (Å²) in [5.41, 5.74) is 4.30. The third-order valence-electron chi connectivity index (χ3n) is 5.36. The second-order valence-electron chi connectivity index (χ2n) is 7.49. The molecular formula is C25H26BrClN2O3. The van der Waals surface area contributed by atoms with E-state index in [2.05, 4.69) is 50.4 Å². The first-order valence-electron chi connectivity index (χ1n) is 10.5. The topological polar surface area (TPSA) is 43.0 Å². The van der Waals surface area contributed by atoms with Gasteiger partial charge in [0, 0.05) is 41.6 Å². The number of benzene rings is 3. The third kappa shape index (κ3) is 5.68. The molecule has 0 bridgehead atoms. The Bertz CT molecular complexity index is 1040. The first-order valence-corrected chi connectivity index (χ1v) is 11.7. The van der Waals surface area contributed by atoms with E-state index in [1.54, 1.807) is 7.11 Å². The Kier molecular flexibility index (Phi) is 7.79. The fraction of sp³-hybridized carbons (Fsp3) is 0.280. The van der Waals surface area contributed by atoms with Gasteiger partial charge in [-0.25, -0.2) is 0 Å². The molecule has 5 nitrogen and oxygen atoms in total. The van der Waals surface area contributed by atoms with Crippen molar-refractivity contribution < 1.29 is 14.2 Å². The monoisotopic (exact) mass is 516 g/mol. The van der Waals surface area contributed by atoms with Crippen molar-refractivity contribution in [2.75, 3.05) is 43.6 Å². The fourth-order valence-electron chi connectivity index (χ4n) is 3.60. The Morgan fingerprint density at radius 3 is 2.53 bits per heavy atom. The number of hydrogen-bond acceptors (Lipinski definition) is 5. The fourth-order valence-corrected chi connectivity index (χ4v) is 4.39. The van der Waals surface area contributed by atoms with Crippen molar-refractivity contribution in [3.8, 4) is 11.5 Å². The van der Waals surface area contributed by atoms with Crippen LogP contribution in [0.15, 0.2) is 65.1 Å². The molecule has 0 saturated carbocycles. The summed E-state index contributed by atoms with van der Waals surface area (Å²) >= 11 is 9.87. The van der Waals surface area contributed by atoms with Crippen molar-refractivity contribution in [3.63, 3.8) is 0 Å². The van der Waals surface area contributed by atoms with Crippen LogP contribution in [0.2, 0.25) is 5.02 Å². The van der Waals surface area contributed by atoms with E-state index < -0.39 is 0 Å². The number of morpholine rings is 1. The molecule has 1 aliphatic heterocycles. The van der Waals surface area contributed by atoms with Crippen molar-refractivity contribution in [2.45, 2.75) is 13.2 Å². The van der Waals surface area contributed by atoms with Gasteiger partial charge in [-0.05, 0) is 64.0 Å². The lowest BCUT2D eigenvalue weighted by molar-refractivity contribution is 0.122. The summed E-state index contributed by atoms with van der Waals surface area (Å²) in [6.07, 6.45) is 0. The van der Waals surface area contributed by atoms with Gasteiger partial charge in [-0.1, -0.05) is 29.8 Å². The van der Waals surface area contributed by atoms with Gasteiger partial charge >= 0.3 is 0 Å². The van der Waals surface area contributed by atoms with Crippen molar-refractivity contribution in [2.24, 2.45) is 0 Å². The van der Waals surface area contributed by atoms with Crippen molar-refractivity contribution >= 4 is 38.9 Å². The van der Waals surface area contributed by atoms with Crippen LogP contribution in [0.25, 0.3) is 0 Å². The summed E-state index contributed by atoms with van der Waals surface area (Å²) < 4.78 is 17.9. The first-order chi connectivity index (χ1) is 15.6. The first kappa shape index (κ1) is 22.8. The quantitative estimate of drug-likeness (QED) is 0.389. The SMILES string of the molecule is COc1cc(CNc2ccc(N3CCOCC3)cc2)cc(Br)c1OCc1ccccc1Cl. The Balaban J connectivity index is 1.39. The normalized spacial score (nSPS) is 13.7. The molecule has 3 aromatic rings. The maximum absolute atomic E-state index is 6.24. The molecule has 1 heterocycles. The van der Waals surface area contributed by atoms with E-state index in [9.17, 15) is 0 Å². The molecule has 0 aromatic heterocycles. The number of anilines is 2. The van der Waals surface area contributed by atoms with Gasteiger partial charge in [0.25, 0.3) is 0 Å². The molecule has 1 fully saturated rings. The van der Waals surface area contributed by atoms with E-state index in [-0.39, 0.29) is 0 Å². The van der Waals surface area contributed by atoms with Crippen molar-refractivity contribution in [1.82, 2.24) is 0 Å². The van der Waals surface area contributed by atoms with Gasteiger partial charge < -0.3 is 24.4 Å². The van der Waals surface area contributed by atoms with E-state index in [0.717, 1.165) is 47.6 Å². The minimum atomic E-state index is 0.363. The Morgan fingerprint density at radius 2 is 1.81 bits per heavy atom. The Labute approximate surface area is 202 Å². The van der Waals surface area contributed by atoms with Gasteiger partial charge in [0.15, 0.2) is 11.5 Å². The zero-order valence-electron chi connectivity index (χ0n) is 17.9. The average Bonchev–Trinajstić information content (AvgIpc) is 2.83. The number of hydrogen-bond donors (Lipinski definition) is 1. The second kappa shape index (κ2) is 10.9. The molecule has 0 radical (unpaired) electrons. The second-order valence-corrected chi connectivity index (χ2v) is 8.75. The molecule has 3 aromatic carbocycles. The maximum Gasteiger partial charge on any atom is 0.175 e. The number of rotatable bonds is 8. The average molecular weight is 518 g/mol. The molecule has 7 heteroatoms. The van der Waals surface area contributed by atoms with E-state index in [0.29, 0.717) is 29.7 Å². The lowest BCUT2D eigenvalue weighted by Gasteiger charge is -2.29. The summed E-state index contributed by atoms with van der Waals surface area (Å²) in [5, 5.41) is 4.16. The van der Waals surface area contributed by atoms with Crippen LogP contribution in [0.1, 0.15) is 11.1 Å². The number of ether oxygens (including phenoxy) is 3. The summed E-state index contributed by atoms with van der Waals surface area (Å²) in [6, 6.07) is 20.2. The van der Waals surface area contributed by atoms with Crippen molar-refractivity contribution in [3.05, 3.63) is 81.3 Å². The van der Waals surface area contributed by atoms with Gasteiger partial charge in [-0.3, -0.25) is 0 Å². The van der Waals surface area contributed by atoms with E-state index in [4.69, 9.17) is 25.8 Å². The highest BCUT2D eigenvalue weighted by Crippen LogP contribution is 2.37. The molecule has 0 atom stereocenters. The zero-order chi connectivity index (χ0) is 22.3. The largest absolute Gasteiger partial charge is 0.493 e. The summed E-state index contributed by atoms with van der Waals surface area (Å²) in [5.74, 6) is 1.33. The highest BCUT2D eigenvalue weighted by molar-refractivity contribution is 9.10. The van der Waals surface area contributed by atoms with Gasteiger partial charge in [0.2, 0.25) is 0 Å².